The molecule has 4 atom stereocenters. The molecule has 0 bridgehead atoms. The van der Waals surface area contributed by atoms with Gasteiger partial charge in [-0.25, -0.2) is 0 Å². The molecule has 5 heteroatoms. The molecule has 166 valence electrons. The monoisotopic (exact) mass is 400 g/mol. The maximum Gasteiger partial charge on any atom is 0.114 e. The summed E-state index contributed by atoms with van der Waals surface area (Å²) in [6.07, 6.45) is 18.1. The highest BCUT2D eigenvalue weighted by molar-refractivity contribution is 4.89. The smallest absolute Gasteiger partial charge is 0.114 e. The number of aliphatic hydroxyl groups is 3. The number of aliphatic hydroxyl groups excluding tert-OH is 3. The highest BCUT2D eigenvalue weighted by Crippen LogP contribution is 2.21. The lowest BCUT2D eigenvalue weighted by Gasteiger charge is -2.23. The zero-order valence-electron chi connectivity index (χ0n) is 17.9. The molecule has 1 aliphatic heterocycles. The quantitative estimate of drug-likeness (QED) is 0.238. The van der Waals surface area contributed by atoms with Crippen molar-refractivity contribution in [2.24, 2.45) is 0 Å². The number of allylic oxidation sites excluding steroid dienone is 2. The first-order chi connectivity index (χ1) is 13.7. The third kappa shape index (κ3) is 11.5. The first-order valence-corrected chi connectivity index (χ1v) is 11.6. The second-order valence-corrected chi connectivity index (χ2v) is 8.03. The summed E-state index contributed by atoms with van der Waals surface area (Å²) in [5, 5.41) is 28.6. The van der Waals surface area contributed by atoms with Gasteiger partial charge in [-0.1, -0.05) is 70.4 Å². The zero-order valence-corrected chi connectivity index (χ0v) is 17.9. The van der Waals surface area contributed by atoms with Crippen molar-refractivity contribution in [3.8, 4) is 0 Å². The fourth-order valence-corrected chi connectivity index (χ4v) is 3.65. The van der Waals surface area contributed by atoms with Gasteiger partial charge in [0.2, 0.25) is 0 Å². The number of hydrogen-bond donors (Lipinski definition) is 3. The van der Waals surface area contributed by atoms with Gasteiger partial charge < -0.3 is 24.8 Å². The van der Waals surface area contributed by atoms with Crippen molar-refractivity contribution in [3.63, 3.8) is 0 Å². The summed E-state index contributed by atoms with van der Waals surface area (Å²) in [6, 6.07) is 0. The maximum absolute atomic E-state index is 9.88. The van der Waals surface area contributed by atoms with E-state index in [1.165, 1.54) is 70.6 Å². The van der Waals surface area contributed by atoms with Gasteiger partial charge >= 0.3 is 0 Å². The van der Waals surface area contributed by atoms with Gasteiger partial charge in [0.15, 0.2) is 0 Å². The fourth-order valence-electron chi connectivity index (χ4n) is 3.65. The summed E-state index contributed by atoms with van der Waals surface area (Å²) >= 11 is 0. The van der Waals surface area contributed by atoms with E-state index < -0.39 is 24.4 Å². The van der Waals surface area contributed by atoms with Crippen molar-refractivity contribution < 1.29 is 24.8 Å². The van der Waals surface area contributed by atoms with E-state index in [9.17, 15) is 10.2 Å². The Hall–Kier alpha value is -0.460. The van der Waals surface area contributed by atoms with E-state index in [1.807, 2.05) is 0 Å². The number of hydrogen-bond acceptors (Lipinski definition) is 5. The van der Waals surface area contributed by atoms with Crippen molar-refractivity contribution in [2.75, 3.05) is 19.8 Å². The van der Waals surface area contributed by atoms with Crippen LogP contribution in [0.4, 0.5) is 0 Å². The van der Waals surface area contributed by atoms with Crippen LogP contribution < -0.4 is 0 Å². The average molecular weight is 401 g/mol. The summed E-state index contributed by atoms with van der Waals surface area (Å²) in [4.78, 5) is 0. The molecule has 1 heterocycles. The highest BCUT2D eigenvalue weighted by atomic mass is 16.6. The van der Waals surface area contributed by atoms with Crippen LogP contribution in [0.3, 0.4) is 0 Å². The van der Waals surface area contributed by atoms with Gasteiger partial charge in [-0.15, -0.1) is 0 Å². The predicted octanol–water partition coefficient (Wildman–Crippen LogP) is 4.13. The first-order valence-electron chi connectivity index (χ1n) is 11.6. The topological polar surface area (TPSA) is 79.2 Å². The lowest BCUT2D eigenvalue weighted by atomic mass is 10.1. The molecule has 0 aromatic heterocycles. The molecule has 0 unspecified atom stereocenters. The minimum Gasteiger partial charge on any atom is -0.394 e. The van der Waals surface area contributed by atoms with Crippen molar-refractivity contribution in [1.82, 2.24) is 0 Å². The Morgan fingerprint density at radius 1 is 0.929 bits per heavy atom. The highest BCUT2D eigenvalue weighted by Gasteiger charge is 2.40. The number of rotatable bonds is 18. The minimum atomic E-state index is -1.00. The summed E-state index contributed by atoms with van der Waals surface area (Å²) in [5.41, 5.74) is 0. The van der Waals surface area contributed by atoms with Crippen LogP contribution in [0.5, 0.6) is 0 Å². The summed E-state index contributed by atoms with van der Waals surface area (Å²) in [5.74, 6) is 0. The molecule has 3 N–H and O–H groups in total. The molecule has 1 aliphatic rings. The Balaban J connectivity index is 1.89. The normalized spacial score (nSPS) is 23.6. The minimum absolute atomic E-state index is 0.152. The molecule has 0 saturated carbocycles. The van der Waals surface area contributed by atoms with E-state index >= 15 is 0 Å². The first kappa shape index (κ1) is 25.6. The van der Waals surface area contributed by atoms with Crippen LogP contribution in [0, 0.1) is 0 Å². The van der Waals surface area contributed by atoms with Gasteiger partial charge in [0.1, 0.15) is 24.4 Å². The lowest BCUT2D eigenvalue weighted by Crippen LogP contribution is -2.42. The molecule has 0 aromatic rings. The van der Waals surface area contributed by atoms with E-state index in [0.717, 1.165) is 12.8 Å². The standard InChI is InChI=1S/C23H44O5/c1-2-3-4-5-6-7-8-9-10-11-12-13-14-15-16-17-27-23-21(26)19-28-22(23)20(25)18-24/h8-9,20-26H,2-7,10-19H2,1H3/b9-8+/t20-,21+,22-,23-/m0/s1. The lowest BCUT2D eigenvalue weighted by molar-refractivity contribution is -0.0938. The molecule has 0 aliphatic carbocycles. The van der Waals surface area contributed by atoms with E-state index in [2.05, 4.69) is 19.1 Å². The Kier molecular flexibility index (Phi) is 15.9. The van der Waals surface area contributed by atoms with Gasteiger partial charge in [-0.3, -0.25) is 0 Å². The van der Waals surface area contributed by atoms with Gasteiger partial charge in [0.25, 0.3) is 0 Å². The molecule has 1 saturated heterocycles. The van der Waals surface area contributed by atoms with Crippen LogP contribution in [0.2, 0.25) is 0 Å². The number of unbranched alkanes of at least 4 members (excludes halogenated alkanes) is 11. The van der Waals surface area contributed by atoms with Crippen LogP contribution >= 0.6 is 0 Å². The van der Waals surface area contributed by atoms with Crippen molar-refractivity contribution in [2.45, 2.75) is 115 Å². The number of ether oxygens (including phenoxy) is 2. The van der Waals surface area contributed by atoms with Crippen LogP contribution in [-0.2, 0) is 9.47 Å². The van der Waals surface area contributed by atoms with Crippen LogP contribution in [-0.4, -0.2) is 59.6 Å². The Morgan fingerprint density at radius 3 is 2.11 bits per heavy atom. The third-order valence-corrected chi connectivity index (χ3v) is 5.45. The maximum atomic E-state index is 9.88. The van der Waals surface area contributed by atoms with E-state index in [0.29, 0.717) is 6.61 Å². The SMILES string of the molecule is CCCCCCC/C=C/CCCCCCCCO[C@@H]1[C@H]([C@@H](O)CO)OC[C@H]1O. The van der Waals surface area contributed by atoms with Crippen molar-refractivity contribution in [3.05, 3.63) is 12.2 Å². The molecule has 28 heavy (non-hydrogen) atoms. The molecule has 5 nitrogen and oxygen atoms in total. The largest absolute Gasteiger partial charge is 0.394 e. The van der Waals surface area contributed by atoms with E-state index in [1.54, 1.807) is 0 Å². The van der Waals surface area contributed by atoms with E-state index in [-0.39, 0.29) is 13.2 Å². The zero-order chi connectivity index (χ0) is 20.5. The molecular formula is C23H44O5. The molecule has 1 rings (SSSR count). The Bertz CT molecular complexity index is 374. The molecular weight excluding hydrogens is 356 g/mol. The van der Waals surface area contributed by atoms with Gasteiger partial charge in [0, 0.05) is 6.61 Å². The molecule has 0 amide bonds. The van der Waals surface area contributed by atoms with Crippen molar-refractivity contribution >= 4 is 0 Å². The summed E-state index contributed by atoms with van der Waals surface area (Å²) in [7, 11) is 0. The second kappa shape index (κ2) is 17.4. The Labute approximate surface area is 172 Å². The van der Waals surface area contributed by atoms with E-state index in [4.69, 9.17) is 14.6 Å². The average Bonchev–Trinajstić information content (AvgIpc) is 3.07. The second-order valence-electron chi connectivity index (χ2n) is 8.03. The van der Waals surface area contributed by atoms with Crippen molar-refractivity contribution in [1.29, 1.82) is 0 Å². The van der Waals surface area contributed by atoms with Gasteiger partial charge in [-0.2, -0.15) is 0 Å². The van der Waals surface area contributed by atoms with Crippen LogP contribution in [0.15, 0.2) is 12.2 Å². The molecule has 0 spiro atoms. The van der Waals surface area contributed by atoms with Crippen LogP contribution in [0.1, 0.15) is 90.4 Å². The Morgan fingerprint density at radius 2 is 1.50 bits per heavy atom. The summed E-state index contributed by atoms with van der Waals surface area (Å²) in [6.45, 7) is 2.58. The molecule has 1 fully saturated rings. The molecule has 0 aromatic carbocycles. The third-order valence-electron chi connectivity index (χ3n) is 5.45. The fraction of sp³-hybridized carbons (Fsp3) is 0.913. The van der Waals surface area contributed by atoms with Gasteiger partial charge in [-0.05, 0) is 32.1 Å². The van der Waals surface area contributed by atoms with Gasteiger partial charge in [0.05, 0.1) is 13.2 Å². The van der Waals surface area contributed by atoms with Crippen LogP contribution in [0.25, 0.3) is 0 Å². The summed E-state index contributed by atoms with van der Waals surface area (Å²) < 4.78 is 11.0. The molecule has 0 radical (unpaired) electrons. The predicted molar refractivity (Wildman–Crippen MR) is 113 cm³/mol.